The molecule has 2 heterocycles. The van der Waals surface area contributed by atoms with E-state index in [1.54, 1.807) is 29.2 Å². The molecule has 31 heavy (non-hydrogen) atoms. The summed E-state index contributed by atoms with van der Waals surface area (Å²) >= 11 is 6.47. The minimum Gasteiger partial charge on any atom is -0.383 e. The molecule has 3 rings (SSSR count). The molecule has 8 heteroatoms. The molecule has 2 aliphatic heterocycles. The molecule has 0 spiro atoms. The van der Waals surface area contributed by atoms with Crippen molar-refractivity contribution in [3.8, 4) is 0 Å². The van der Waals surface area contributed by atoms with Gasteiger partial charge in [0.25, 0.3) is 0 Å². The maximum Gasteiger partial charge on any atom is 0.241 e. The summed E-state index contributed by atoms with van der Waals surface area (Å²) in [7, 11) is 1.52. The highest BCUT2D eigenvalue weighted by Crippen LogP contribution is 2.43. The van der Waals surface area contributed by atoms with Gasteiger partial charge in [0.05, 0.1) is 24.7 Å². The first-order valence-corrected chi connectivity index (χ1v) is 11.3. The molecule has 170 valence electrons. The number of ether oxygens (including phenoxy) is 2. The van der Waals surface area contributed by atoms with E-state index in [4.69, 9.17) is 21.1 Å². The van der Waals surface area contributed by atoms with Crippen LogP contribution in [0.25, 0.3) is 0 Å². The number of imide groups is 1. The van der Waals surface area contributed by atoms with Crippen LogP contribution in [0.2, 0.25) is 5.02 Å². The van der Waals surface area contributed by atoms with Crippen molar-refractivity contribution in [2.75, 3.05) is 40.0 Å². The third-order valence-electron chi connectivity index (χ3n) is 6.06. The Labute approximate surface area is 188 Å². The van der Waals surface area contributed by atoms with Crippen molar-refractivity contribution in [3.63, 3.8) is 0 Å². The van der Waals surface area contributed by atoms with Crippen molar-refractivity contribution < 1.29 is 23.9 Å². The van der Waals surface area contributed by atoms with Crippen molar-refractivity contribution in [1.82, 2.24) is 9.80 Å². The predicted molar refractivity (Wildman–Crippen MR) is 117 cm³/mol. The third kappa shape index (κ3) is 5.10. The molecule has 0 radical (unpaired) electrons. The van der Waals surface area contributed by atoms with Crippen LogP contribution in [0.3, 0.4) is 0 Å². The normalized spacial score (nSPS) is 23.6. The fourth-order valence-electron chi connectivity index (χ4n) is 4.49. The number of carbonyl (C=O) groups excluding carboxylic acids is 3. The van der Waals surface area contributed by atoms with Crippen molar-refractivity contribution in [2.45, 2.75) is 50.5 Å². The smallest absolute Gasteiger partial charge is 0.241 e. The second-order valence-electron chi connectivity index (χ2n) is 8.23. The van der Waals surface area contributed by atoms with E-state index in [0.717, 1.165) is 19.3 Å². The van der Waals surface area contributed by atoms with Crippen molar-refractivity contribution in [3.05, 3.63) is 34.9 Å². The minimum absolute atomic E-state index is 0.0193. The molecule has 0 saturated carbocycles. The fourth-order valence-corrected chi connectivity index (χ4v) is 4.81. The van der Waals surface area contributed by atoms with Crippen LogP contribution in [0.1, 0.15) is 44.6 Å². The number of amides is 3. The first-order valence-electron chi connectivity index (χ1n) is 10.9. The Kier molecular flexibility index (Phi) is 8.08. The molecule has 1 aromatic carbocycles. The molecule has 2 unspecified atom stereocenters. The number of carbonyl (C=O) groups is 3. The molecule has 2 atom stereocenters. The molecule has 1 aromatic rings. The first kappa shape index (κ1) is 23.7. The van der Waals surface area contributed by atoms with Crippen molar-refractivity contribution in [2.24, 2.45) is 0 Å². The van der Waals surface area contributed by atoms with E-state index in [2.05, 4.69) is 0 Å². The van der Waals surface area contributed by atoms with Crippen LogP contribution in [-0.4, -0.2) is 73.6 Å². The second-order valence-corrected chi connectivity index (χ2v) is 8.64. The van der Waals surface area contributed by atoms with Crippen LogP contribution in [-0.2, 0) is 29.3 Å². The maximum absolute atomic E-state index is 13.6. The van der Waals surface area contributed by atoms with E-state index in [1.807, 2.05) is 6.92 Å². The van der Waals surface area contributed by atoms with Gasteiger partial charge in [-0.2, -0.15) is 0 Å². The summed E-state index contributed by atoms with van der Waals surface area (Å²) in [5, 5.41) is 0.381. The molecule has 0 N–H and O–H groups in total. The third-order valence-corrected chi connectivity index (χ3v) is 6.39. The van der Waals surface area contributed by atoms with Gasteiger partial charge >= 0.3 is 0 Å². The van der Waals surface area contributed by atoms with E-state index in [9.17, 15) is 14.4 Å². The van der Waals surface area contributed by atoms with Gasteiger partial charge < -0.3 is 14.4 Å². The number of benzene rings is 1. The number of halogens is 1. The van der Waals surface area contributed by atoms with Crippen molar-refractivity contribution in [1.29, 1.82) is 0 Å². The number of nitrogens with zero attached hydrogens (tertiary/aromatic N) is 2. The number of hydrogen-bond donors (Lipinski definition) is 0. The van der Waals surface area contributed by atoms with E-state index in [0.29, 0.717) is 30.3 Å². The summed E-state index contributed by atoms with van der Waals surface area (Å²) in [5.41, 5.74) is -0.778. The van der Waals surface area contributed by atoms with Gasteiger partial charge in [-0.1, -0.05) is 36.7 Å². The van der Waals surface area contributed by atoms with E-state index >= 15 is 0 Å². The zero-order valence-corrected chi connectivity index (χ0v) is 19.0. The van der Waals surface area contributed by atoms with Gasteiger partial charge in [0.2, 0.25) is 17.7 Å². The molecule has 2 saturated heterocycles. The SMILES string of the molecule is CCCN(CC1CCCO1)C(=O)CC1(c2ccccc2Cl)CC(=O)N(CCOC)C1=O. The van der Waals surface area contributed by atoms with Gasteiger partial charge in [0, 0.05) is 44.7 Å². The molecule has 2 aliphatic rings. The first-order chi connectivity index (χ1) is 14.9. The molecule has 0 bridgehead atoms. The van der Waals surface area contributed by atoms with E-state index < -0.39 is 5.41 Å². The molecule has 3 amide bonds. The van der Waals surface area contributed by atoms with E-state index in [-0.39, 0.29) is 49.8 Å². The van der Waals surface area contributed by atoms with Gasteiger partial charge in [0.1, 0.15) is 0 Å². The summed E-state index contributed by atoms with van der Waals surface area (Å²) < 4.78 is 10.8. The molecular weight excluding hydrogens is 420 g/mol. The lowest BCUT2D eigenvalue weighted by Crippen LogP contribution is -2.45. The number of methoxy groups -OCH3 is 1. The Morgan fingerprint density at radius 3 is 2.77 bits per heavy atom. The van der Waals surface area contributed by atoms with Gasteiger partial charge in [-0.15, -0.1) is 0 Å². The van der Waals surface area contributed by atoms with Gasteiger partial charge in [-0.25, -0.2) is 0 Å². The average molecular weight is 451 g/mol. The van der Waals surface area contributed by atoms with Gasteiger partial charge in [0.15, 0.2) is 0 Å². The van der Waals surface area contributed by atoms with Crippen LogP contribution >= 0.6 is 11.6 Å². The molecule has 7 nitrogen and oxygen atoms in total. The zero-order chi connectivity index (χ0) is 22.4. The lowest BCUT2D eigenvalue weighted by Gasteiger charge is -2.32. The monoisotopic (exact) mass is 450 g/mol. The fraction of sp³-hybridized carbons (Fsp3) is 0.609. The van der Waals surface area contributed by atoms with E-state index in [1.165, 1.54) is 12.0 Å². The van der Waals surface area contributed by atoms with Crippen molar-refractivity contribution >= 4 is 29.3 Å². The predicted octanol–water partition coefficient (Wildman–Crippen LogP) is 2.79. The average Bonchev–Trinajstić information content (AvgIpc) is 3.34. The molecule has 0 aliphatic carbocycles. The van der Waals surface area contributed by atoms with Crippen LogP contribution in [0.4, 0.5) is 0 Å². The summed E-state index contributed by atoms with van der Waals surface area (Å²) in [5.74, 6) is -0.854. The summed E-state index contributed by atoms with van der Waals surface area (Å²) in [6.45, 7) is 4.20. The Balaban J connectivity index is 1.91. The lowest BCUT2D eigenvalue weighted by atomic mass is 9.75. The highest BCUT2D eigenvalue weighted by atomic mass is 35.5. The number of likely N-dealkylation sites (tertiary alicyclic amines) is 1. The quantitative estimate of drug-likeness (QED) is 0.512. The minimum atomic E-state index is -1.30. The number of rotatable bonds is 10. The summed E-state index contributed by atoms with van der Waals surface area (Å²) in [6, 6.07) is 6.98. The van der Waals surface area contributed by atoms with Crippen LogP contribution < -0.4 is 0 Å². The second kappa shape index (κ2) is 10.6. The van der Waals surface area contributed by atoms with Gasteiger partial charge in [-0.3, -0.25) is 19.3 Å². The standard InChI is InChI=1S/C23H31ClN2O5/c1-3-10-25(16-17-7-6-12-31-17)20(27)14-23(18-8-4-5-9-19(18)24)15-21(28)26(22(23)29)11-13-30-2/h4-5,8-9,17H,3,6-7,10-16H2,1-2H3. The maximum atomic E-state index is 13.6. The highest BCUT2D eigenvalue weighted by Gasteiger charge is 2.54. The van der Waals surface area contributed by atoms with Crippen LogP contribution in [0.15, 0.2) is 24.3 Å². The van der Waals surface area contributed by atoms with Crippen LogP contribution in [0.5, 0.6) is 0 Å². The number of hydrogen-bond acceptors (Lipinski definition) is 5. The Morgan fingerprint density at radius 1 is 1.35 bits per heavy atom. The Bertz CT molecular complexity index is 811. The summed E-state index contributed by atoms with van der Waals surface area (Å²) in [6.07, 6.45) is 2.55. The zero-order valence-electron chi connectivity index (χ0n) is 18.3. The Hall–Kier alpha value is -1.96. The topological polar surface area (TPSA) is 76.2 Å². The van der Waals surface area contributed by atoms with Crippen LogP contribution in [0, 0.1) is 0 Å². The molecule has 0 aromatic heterocycles. The lowest BCUT2D eigenvalue weighted by molar-refractivity contribution is -0.143. The molecular formula is C23H31ClN2O5. The van der Waals surface area contributed by atoms with Gasteiger partial charge in [-0.05, 0) is 30.9 Å². The summed E-state index contributed by atoms with van der Waals surface area (Å²) in [4.78, 5) is 42.8. The molecule has 2 fully saturated rings. The highest BCUT2D eigenvalue weighted by molar-refractivity contribution is 6.32. The largest absolute Gasteiger partial charge is 0.383 e. The Morgan fingerprint density at radius 2 is 2.13 bits per heavy atom.